The maximum atomic E-state index is 11.3. The summed E-state index contributed by atoms with van der Waals surface area (Å²) in [6.45, 7) is 3.32. The number of ether oxygens (including phenoxy) is 6. The summed E-state index contributed by atoms with van der Waals surface area (Å²) in [7, 11) is 0. The van der Waals surface area contributed by atoms with Crippen molar-refractivity contribution in [1.82, 2.24) is 0 Å². The molecular weight excluding hydrogens is 296 g/mol. The monoisotopic (exact) mass is 316 g/mol. The van der Waals surface area contributed by atoms with Crippen LogP contribution in [-0.2, 0) is 38.0 Å². The van der Waals surface area contributed by atoms with Gasteiger partial charge in [0.05, 0.1) is 39.6 Å². The maximum absolute atomic E-state index is 11.3. The van der Waals surface area contributed by atoms with Crippen LogP contribution >= 0.6 is 0 Å². The van der Waals surface area contributed by atoms with Crippen molar-refractivity contribution in [3.05, 3.63) is 12.2 Å². The van der Waals surface area contributed by atoms with Crippen LogP contribution in [0.3, 0.4) is 0 Å². The zero-order valence-electron chi connectivity index (χ0n) is 12.2. The van der Waals surface area contributed by atoms with Gasteiger partial charge in [-0.05, 0) is 0 Å². The Kier molecular flexibility index (Phi) is 7.31. The summed E-state index contributed by atoms with van der Waals surface area (Å²) in [4.78, 5) is 22.6. The van der Waals surface area contributed by atoms with Crippen LogP contribution in [0, 0.1) is 0 Å². The van der Waals surface area contributed by atoms with Gasteiger partial charge >= 0.3 is 11.9 Å². The molecule has 0 N–H and O–H groups in total. The predicted molar refractivity (Wildman–Crippen MR) is 72.2 cm³/mol. The number of carbonyl (C=O) groups is 2. The first-order chi connectivity index (χ1) is 10.7. The third kappa shape index (κ3) is 8.73. The summed E-state index contributed by atoms with van der Waals surface area (Å²) in [5.74, 6) is -1.24. The van der Waals surface area contributed by atoms with Gasteiger partial charge in [0.15, 0.2) is 0 Å². The summed E-state index contributed by atoms with van der Waals surface area (Å²) in [5.41, 5.74) is 0. The van der Waals surface area contributed by atoms with Crippen molar-refractivity contribution in [2.24, 2.45) is 0 Å². The van der Waals surface area contributed by atoms with E-state index in [2.05, 4.69) is 0 Å². The van der Waals surface area contributed by atoms with Gasteiger partial charge in [-0.15, -0.1) is 0 Å². The largest absolute Gasteiger partial charge is 0.460 e. The first-order valence-electron chi connectivity index (χ1n) is 7.14. The Balaban J connectivity index is 1.39. The Labute approximate surface area is 128 Å². The lowest BCUT2D eigenvalue weighted by Crippen LogP contribution is -2.13. The SMILES string of the molecule is O=C(/C=C\C(=O)OCCOCC1CO1)OCCOCC1CO1. The van der Waals surface area contributed by atoms with Gasteiger partial charge in [-0.2, -0.15) is 0 Å². The standard InChI is InChI=1S/C14H20O8/c15-13(19-5-3-17-7-11-9-21-11)1-2-14(16)20-6-4-18-8-12-10-22-12/h1-2,11-12H,3-10H2/b2-1-. The van der Waals surface area contributed by atoms with Gasteiger partial charge in [0.1, 0.15) is 25.4 Å². The fourth-order valence-electron chi connectivity index (χ4n) is 1.39. The summed E-state index contributed by atoms with van der Waals surface area (Å²) in [6.07, 6.45) is 2.41. The molecule has 2 heterocycles. The van der Waals surface area contributed by atoms with E-state index in [9.17, 15) is 9.59 Å². The van der Waals surface area contributed by atoms with Gasteiger partial charge in [-0.1, -0.05) is 0 Å². The highest BCUT2D eigenvalue weighted by Crippen LogP contribution is 2.08. The molecule has 2 fully saturated rings. The molecule has 2 saturated heterocycles. The second-order valence-corrected chi connectivity index (χ2v) is 4.73. The summed E-state index contributed by atoms with van der Waals surface area (Å²) >= 11 is 0. The highest BCUT2D eigenvalue weighted by Gasteiger charge is 2.22. The van der Waals surface area contributed by atoms with E-state index in [1.807, 2.05) is 0 Å². The van der Waals surface area contributed by atoms with Crippen molar-refractivity contribution in [3.8, 4) is 0 Å². The topological polar surface area (TPSA) is 96.1 Å². The van der Waals surface area contributed by atoms with E-state index in [1.54, 1.807) is 0 Å². The molecular formula is C14H20O8. The van der Waals surface area contributed by atoms with Crippen molar-refractivity contribution in [1.29, 1.82) is 0 Å². The minimum atomic E-state index is -0.620. The fraction of sp³-hybridized carbons (Fsp3) is 0.714. The van der Waals surface area contributed by atoms with E-state index >= 15 is 0 Å². The van der Waals surface area contributed by atoms with Crippen molar-refractivity contribution in [2.75, 3.05) is 52.9 Å². The summed E-state index contributed by atoms with van der Waals surface area (Å²) in [5, 5.41) is 0. The molecule has 2 atom stereocenters. The van der Waals surface area contributed by atoms with Crippen LogP contribution in [-0.4, -0.2) is 77.0 Å². The van der Waals surface area contributed by atoms with Crippen molar-refractivity contribution >= 4 is 11.9 Å². The lowest BCUT2D eigenvalue weighted by Gasteiger charge is -2.03. The highest BCUT2D eigenvalue weighted by molar-refractivity contribution is 5.91. The Bertz CT molecular complexity index is 350. The number of rotatable bonds is 12. The lowest BCUT2D eigenvalue weighted by molar-refractivity contribution is -0.142. The van der Waals surface area contributed by atoms with Crippen LogP contribution in [0.2, 0.25) is 0 Å². The Hall–Kier alpha value is -1.48. The third-order valence-electron chi connectivity index (χ3n) is 2.71. The zero-order valence-corrected chi connectivity index (χ0v) is 12.2. The Morgan fingerprint density at radius 1 is 0.818 bits per heavy atom. The second kappa shape index (κ2) is 9.52. The van der Waals surface area contributed by atoms with Crippen LogP contribution in [0.4, 0.5) is 0 Å². The molecule has 0 aromatic heterocycles. The van der Waals surface area contributed by atoms with E-state index < -0.39 is 11.9 Å². The lowest BCUT2D eigenvalue weighted by atomic mass is 10.5. The minimum absolute atomic E-state index is 0.127. The van der Waals surface area contributed by atoms with Crippen LogP contribution in [0.25, 0.3) is 0 Å². The van der Waals surface area contributed by atoms with Crippen LogP contribution in [0.15, 0.2) is 12.2 Å². The minimum Gasteiger partial charge on any atom is -0.460 e. The third-order valence-corrected chi connectivity index (χ3v) is 2.71. The fourth-order valence-corrected chi connectivity index (χ4v) is 1.39. The molecule has 0 spiro atoms. The molecule has 124 valence electrons. The second-order valence-electron chi connectivity index (χ2n) is 4.73. The van der Waals surface area contributed by atoms with Gasteiger partial charge < -0.3 is 28.4 Å². The molecule has 0 aromatic rings. The van der Waals surface area contributed by atoms with Gasteiger partial charge in [-0.25, -0.2) is 9.59 Å². The molecule has 2 aliphatic heterocycles. The van der Waals surface area contributed by atoms with E-state index in [0.717, 1.165) is 25.4 Å². The first kappa shape index (κ1) is 16.9. The van der Waals surface area contributed by atoms with Crippen LogP contribution in [0.1, 0.15) is 0 Å². The molecule has 8 heteroatoms. The average molecular weight is 316 g/mol. The number of hydrogen-bond acceptors (Lipinski definition) is 8. The first-order valence-corrected chi connectivity index (χ1v) is 7.14. The number of epoxide rings is 2. The van der Waals surface area contributed by atoms with Gasteiger partial charge in [0.2, 0.25) is 0 Å². The molecule has 0 radical (unpaired) electrons. The Morgan fingerprint density at radius 3 is 1.59 bits per heavy atom. The number of hydrogen-bond donors (Lipinski definition) is 0. The molecule has 22 heavy (non-hydrogen) atoms. The molecule has 8 nitrogen and oxygen atoms in total. The summed E-state index contributed by atoms with van der Waals surface area (Å²) < 4.78 is 30.0. The molecule has 0 bridgehead atoms. The van der Waals surface area contributed by atoms with Crippen molar-refractivity contribution < 1.29 is 38.0 Å². The van der Waals surface area contributed by atoms with E-state index in [1.165, 1.54) is 0 Å². The molecule has 2 rings (SSSR count). The molecule has 0 aromatic carbocycles. The van der Waals surface area contributed by atoms with Gasteiger partial charge in [-0.3, -0.25) is 0 Å². The van der Waals surface area contributed by atoms with Gasteiger partial charge in [0.25, 0.3) is 0 Å². The van der Waals surface area contributed by atoms with Crippen molar-refractivity contribution in [2.45, 2.75) is 12.2 Å². The quantitative estimate of drug-likeness (QED) is 0.205. The van der Waals surface area contributed by atoms with Crippen LogP contribution < -0.4 is 0 Å². The van der Waals surface area contributed by atoms with E-state index in [-0.39, 0.29) is 25.4 Å². The highest BCUT2D eigenvalue weighted by atomic mass is 16.6. The Morgan fingerprint density at radius 2 is 1.23 bits per heavy atom. The smallest absolute Gasteiger partial charge is 0.331 e. The number of carbonyl (C=O) groups excluding carboxylic acids is 2. The number of esters is 2. The van der Waals surface area contributed by atoms with Crippen LogP contribution in [0.5, 0.6) is 0 Å². The average Bonchev–Trinajstić information content (AvgIpc) is 3.38. The van der Waals surface area contributed by atoms with E-state index in [0.29, 0.717) is 26.4 Å². The van der Waals surface area contributed by atoms with Crippen molar-refractivity contribution in [3.63, 3.8) is 0 Å². The zero-order chi connectivity index (χ0) is 15.6. The van der Waals surface area contributed by atoms with Gasteiger partial charge in [0, 0.05) is 12.2 Å². The van der Waals surface area contributed by atoms with E-state index in [4.69, 9.17) is 28.4 Å². The molecule has 0 aliphatic carbocycles. The molecule has 2 aliphatic rings. The normalized spacial score (nSPS) is 22.5. The molecule has 0 amide bonds. The maximum Gasteiger partial charge on any atom is 0.331 e. The molecule has 0 saturated carbocycles. The predicted octanol–water partition coefficient (Wildman–Crippen LogP) is -0.540. The molecule has 2 unspecified atom stereocenters. The summed E-state index contributed by atoms with van der Waals surface area (Å²) in [6, 6.07) is 0.